The highest BCUT2D eigenvalue weighted by molar-refractivity contribution is 5.92. The first-order chi connectivity index (χ1) is 6.19. The third kappa shape index (κ3) is 1.87. The Morgan fingerprint density at radius 2 is 2.46 bits per heavy atom. The molecular weight excluding hydrogens is 174 g/mol. The Hall–Kier alpha value is -1.78. The minimum absolute atomic E-state index is 0.306. The van der Waals surface area contributed by atoms with Crippen LogP contribution in [0, 0.1) is 6.92 Å². The molecule has 0 aliphatic heterocycles. The molecule has 13 heavy (non-hydrogen) atoms. The first kappa shape index (κ1) is 9.31. The molecule has 0 saturated carbocycles. The number of hydrogen-bond acceptors (Lipinski definition) is 5. The summed E-state index contributed by atoms with van der Waals surface area (Å²) in [7, 11) is 1.29. The van der Waals surface area contributed by atoms with Crippen molar-refractivity contribution in [1.29, 1.82) is 0 Å². The first-order valence-electron chi connectivity index (χ1n) is 3.55. The van der Waals surface area contributed by atoms with E-state index >= 15 is 0 Å². The molecule has 0 bridgehead atoms. The van der Waals surface area contributed by atoms with Gasteiger partial charge in [0, 0.05) is 6.07 Å². The second-order valence-corrected chi connectivity index (χ2v) is 2.35. The summed E-state index contributed by atoms with van der Waals surface area (Å²) in [6.07, 6.45) is 1.10. The van der Waals surface area contributed by atoms with Crippen molar-refractivity contribution < 1.29 is 19.2 Å². The average Bonchev–Trinajstić information content (AvgIpc) is 2.46. The zero-order chi connectivity index (χ0) is 9.84. The molecule has 0 aliphatic carbocycles. The molecule has 0 fully saturated rings. The largest absolute Gasteiger partial charge is 0.465 e. The van der Waals surface area contributed by atoms with Gasteiger partial charge in [-0.2, -0.15) is 0 Å². The Bertz CT molecular complexity index is 340. The minimum atomic E-state index is -0.473. The van der Waals surface area contributed by atoms with Gasteiger partial charge >= 0.3 is 5.97 Å². The fourth-order valence-electron chi connectivity index (χ4n) is 0.938. The van der Waals surface area contributed by atoms with E-state index in [0.717, 1.165) is 6.21 Å². The van der Waals surface area contributed by atoms with Crippen molar-refractivity contribution in [2.24, 2.45) is 5.16 Å². The zero-order valence-corrected chi connectivity index (χ0v) is 7.27. The van der Waals surface area contributed by atoms with Crippen LogP contribution in [-0.2, 0) is 4.74 Å². The zero-order valence-electron chi connectivity index (χ0n) is 7.27. The summed E-state index contributed by atoms with van der Waals surface area (Å²) < 4.78 is 9.57. The topological polar surface area (TPSA) is 72.0 Å². The maximum Gasteiger partial charge on any atom is 0.341 e. The highest BCUT2D eigenvalue weighted by Gasteiger charge is 2.14. The number of nitrogens with zero attached hydrogens (tertiary/aromatic N) is 1. The fraction of sp³-hybridized carbons (Fsp3) is 0.250. The van der Waals surface area contributed by atoms with E-state index in [0.29, 0.717) is 17.1 Å². The summed E-state index contributed by atoms with van der Waals surface area (Å²) in [5, 5.41) is 11.0. The highest BCUT2D eigenvalue weighted by Crippen LogP contribution is 2.13. The summed E-state index contributed by atoms with van der Waals surface area (Å²) >= 11 is 0. The van der Waals surface area contributed by atoms with Crippen molar-refractivity contribution in [3.8, 4) is 0 Å². The van der Waals surface area contributed by atoms with E-state index in [2.05, 4.69) is 9.89 Å². The summed E-state index contributed by atoms with van der Waals surface area (Å²) in [5.41, 5.74) is 0.331. The van der Waals surface area contributed by atoms with E-state index in [1.54, 1.807) is 6.92 Å². The Balaban J connectivity index is 3.02. The molecule has 0 atom stereocenters. The van der Waals surface area contributed by atoms with Gasteiger partial charge in [0.25, 0.3) is 0 Å². The number of methoxy groups -OCH3 is 1. The Kier molecular flexibility index (Phi) is 2.69. The summed E-state index contributed by atoms with van der Waals surface area (Å²) in [6, 6.07) is 1.45. The number of esters is 1. The second-order valence-electron chi connectivity index (χ2n) is 2.35. The van der Waals surface area contributed by atoms with Crippen LogP contribution in [0.5, 0.6) is 0 Å². The summed E-state index contributed by atoms with van der Waals surface area (Å²) in [4.78, 5) is 11.1. The maximum atomic E-state index is 11.1. The monoisotopic (exact) mass is 183 g/mol. The van der Waals surface area contributed by atoms with Crippen LogP contribution >= 0.6 is 0 Å². The molecular formula is C8H9NO4. The van der Waals surface area contributed by atoms with Gasteiger partial charge in [-0.05, 0) is 6.92 Å². The average molecular weight is 183 g/mol. The van der Waals surface area contributed by atoms with Crippen LogP contribution in [0.15, 0.2) is 15.6 Å². The van der Waals surface area contributed by atoms with E-state index in [1.165, 1.54) is 13.2 Å². The van der Waals surface area contributed by atoms with Gasteiger partial charge in [-0.3, -0.25) is 0 Å². The van der Waals surface area contributed by atoms with Gasteiger partial charge in [-0.25, -0.2) is 4.79 Å². The predicted molar refractivity (Wildman–Crippen MR) is 44.2 cm³/mol. The van der Waals surface area contributed by atoms with Gasteiger partial charge in [0.2, 0.25) is 0 Å². The number of oxime groups is 1. The fourth-order valence-corrected chi connectivity index (χ4v) is 0.938. The Morgan fingerprint density at radius 3 is 3.00 bits per heavy atom. The lowest BCUT2D eigenvalue weighted by Crippen LogP contribution is -2.00. The standard InChI is InChI=1S/C8H9NO4/c1-5-7(8(10)12-2)3-6(13-5)4-9-11/h3-4,11H,1-2H3/b9-4+. The van der Waals surface area contributed by atoms with Gasteiger partial charge < -0.3 is 14.4 Å². The molecule has 1 aromatic heterocycles. The van der Waals surface area contributed by atoms with Crippen molar-refractivity contribution in [2.45, 2.75) is 6.92 Å². The molecule has 70 valence electrons. The minimum Gasteiger partial charge on any atom is -0.465 e. The van der Waals surface area contributed by atoms with Crippen LogP contribution in [0.1, 0.15) is 21.9 Å². The van der Waals surface area contributed by atoms with Crippen molar-refractivity contribution >= 4 is 12.2 Å². The number of carbonyl (C=O) groups excluding carboxylic acids is 1. The van der Waals surface area contributed by atoms with E-state index in [1.807, 2.05) is 0 Å². The number of rotatable bonds is 2. The summed E-state index contributed by atoms with van der Waals surface area (Å²) in [5.74, 6) is 0.265. The maximum absolute atomic E-state index is 11.1. The first-order valence-corrected chi connectivity index (χ1v) is 3.55. The molecule has 0 amide bonds. The SMILES string of the molecule is COC(=O)c1cc(/C=N/O)oc1C. The van der Waals surface area contributed by atoms with E-state index < -0.39 is 5.97 Å². The van der Waals surface area contributed by atoms with Crippen molar-refractivity contribution in [3.05, 3.63) is 23.2 Å². The van der Waals surface area contributed by atoms with Gasteiger partial charge in [0.15, 0.2) is 0 Å². The molecule has 5 heteroatoms. The van der Waals surface area contributed by atoms with Crippen LogP contribution in [0.25, 0.3) is 0 Å². The van der Waals surface area contributed by atoms with Gasteiger partial charge in [-0.1, -0.05) is 5.16 Å². The van der Waals surface area contributed by atoms with Crippen molar-refractivity contribution in [1.82, 2.24) is 0 Å². The Morgan fingerprint density at radius 1 is 1.77 bits per heavy atom. The van der Waals surface area contributed by atoms with Crippen molar-refractivity contribution in [3.63, 3.8) is 0 Å². The van der Waals surface area contributed by atoms with E-state index in [9.17, 15) is 4.79 Å². The quantitative estimate of drug-likeness (QED) is 0.323. The van der Waals surface area contributed by atoms with E-state index in [4.69, 9.17) is 9.62 Å². The van der Waals surface area contributed by atoms with Crippen LogP contribution < -0.4 is 0 Å². The third-order valence-corrected chi connectivity index (χ3v) is 1.53. The molecule has 1 N–H and O–H groups in total. The number of furan rings is 1. The predicted octanol–water partition coefficient (Wildman–Crippen LogP) is 1.18. The lowest BCUT2D eigenvalue weighted by Gasteiger charge is -1.93. The molecule has 0 saturated heterocycles. The molecule has 0 spiro atoms. The van der Waals surface area contributed by atoms with Gasteiger partial charge in [0.05, 0.1) is 7.11 Å². The highest BCUT2D eigenvalue weighted by atomic mass is 16.5. The molecule has 0 unspecified atom stereocenters. The number of aryl methyl sites for hydroxylation is 1. The Labute approximate surface area is 74.6 Å². The van der Waals surface area contributed by atoms with Crippen LogP contribution in [0.4, 0.5) is 0 Å². The lowest BCUT2D eigenvalue weighted by molar-refractivity contribution is 0.0599. The number of carbonyl (C=O) groups is 1. The van der Waals surface area contributed by atoms with Crippen molar-refractivity contribution in [2.75, 3.05) is 7.11 Å². The molecule has 1 rings (SSSR count). The van der Waals surface area contributed by atoms with Gasteiger partial charge in [-0.15, -0.1) is 0 Å². The molecule has 0 radical (unpaired) electrons. The molecule has 1 heterocycles. The second kappa shape index (κ2) is 3.75. The number of ether oxygens (including phenoxy) is 1. The lowest BCUT2D eigenvalue weighted by atomic mass is 10.2. The van der Waals surface area contributed by atoms with E-state index in [-0.39, 0.29) is 0 Å². The van der Waals surface area contributed by atoms with Crippen LogP contribution in [-0.4, -0.2) is 24.5 Å². The number of hydrogen-bond donors (Lipinski definition) is 1. The normalized spacial score (nSPS) is 10.6. The molecule has 1 aromatic rings. The van der Waals surface area contributed by atoms with Crippen LogP contribution in [0.3, 0.4) is 0 Å². The molecule has 0 aliphatic rings. The molecule has 5 nitrogen and oxygen atoms in total. The smallest absolute Gasteiger partial charge is 0.341 e. The third-order valence-electron chi connectivity index (χ3n) is 1.53. The summed E-state index contributed by atoms with van der Waals surface area (Å²) in [6.45, 7) is 1.63. The van der Waals surface area contributed by atoms with Crippen LogP contribution in [0.2, 0.25) is 0 Å². The molecule has 0 aromatic carbocycles. The van der Waals surface area contributed by atoms with Gasteiger partial charge in [0.1, 0.15) is 23.3 Å².